The number of nitrogens with zero attached hydrogens (tertiary/aromatic N) is 1. The number of hydrogen-bond acceptors (Lipinski definition) is 1. The third kappa shape index (κ3) is 5.28. The van der Waals surface area contributed by atoms with Gasteiger partial charge in [-0.1, -0.05) is 74.9 Å². The lowest BCUT2D eigenvalue weighted by Gasteiger charge is -2.29. The van der Waals surface area contributed by atoms with Gasteiger partial charge in [-0.3, -0.25) is 0 Å². The third-order valence-corrected chi connectivity index (χ3v) is 6.18. The fourth-order valence-corrected chi connectivity index (χ4v) is 4.47. The molecule has 0 amide bonds. The van der Waals surface area contributed by atoms with Gasteiger partial charge in [-0.25, -0.2) is 9.37 Å². The Morgan fingerprint density at radius 2 is 1.70 bits per heavy atom. The molecule has 0 aliphatic heterocycles. The first-order valence-corrected chi connectivity index (χ1v) is 10.6. The topological polar surface area (TPSA) is 12.9 Å². The highest BCUT2D eigenvalue weighted by molar-refractivity contribution is 6.32. The van der Waals surface area contributed by atoms with Crippen molar-refractivity contribution in [2.24, 2.45) is 5.92 Å². The molecule has 0 radical (unpaired) electrons. The van der Waals surface area contributed by atoms with Gasteiger partial charge in [-0.2, -0.15) is 4.39 Å². The van der Waals surface area contributed by atoms with Crippen LogP contribution in [-0.4, -0.2) is 4.98 Å². The fraction of sp³-hybridized carbons (Fsp3) is 0.522. The Kier molecular flexibility index (Phi) is 7.23. The molecule has 0 saturated heterocycles. The van der Waals surface area contributed by atoms with Crippen LogP contribution in [0.2, 0.25) is 5.15 Å². The molecule has 0 unspecified atom stereocenters. The van der Waals surface area contributed by atoms with Crippen molar-refractivity contribution in [2.75, 3.05) is 0 Å². The Balaban J connectivity index is 1.58. The quantitative estimate of drug-likeness (QED) is 0.345. The van der Waals surface area contributed by atoms with Crippen LogP contribution in [0.25, 0.3) is 11.1 Å². The maximum absolute atomic E-state index is 13.5. The van der Waals surface area contributed by atoms with Gasteiger partial charge in [0.1, 0.15) is 5.15 Å². The zero-order valence-electron chi connectivity index (χ0n) is 16.0. The minimum absolute atomic E-state index is 0.00905. The Morgan fingerprint density at radius 3 is 2.37 bits per heavy atom. The maximum atomic E-state index is 13.5. The molecule has 0 N–H and O–H groups in total. The van der Waals surface area contributed by atoms with E-state index in [4.69, 9.17) is 11.6 Å². The van der Waals surface area contributed by atoms with Crippen LogP contribution in [-0.2, 0) is 0 Å². The highest BCUT2D eigenvalue weighted by Crippen LogP contribution is 2.38. The molecule has 146 valence electrons. The predicted octanol–water partition coefficient (Wildman–Crippen LogP) is 7.92. The molecule has 1 saturated carbocycles. The highest BCUT2D eigenvalue weighted by atomic mass is 35.5. The summed E-state index contributed by atoms with van der Waals surface area (Å²) < 4.78 is 26.6. The summed E-state index contributed by atoms with van der Waals surface area (Å²) in [6.07, 6.45) is 11.9. The predicted molar refractivity (Wildman–Crippen MR) is 108 cm³/mol. The van der Waals surface area contributed by atoms with Crippen molar-refractivity contribution in [3.05, 3.63) is 52.8 Å². The normalized spacial score (nSPS) is 20.0. The Hall–Kier alpha value is -1.48. The van der Waals surface area contributed by atoms with E-state index >= 15 is 0 Å². The molecule has 27 heavy (non-hydrogen) atoms. The van der Waals surface area contributed by atoms with Gasteiger partial charge in [0.25, 0.3) is 0 Å². The van der Waals surface area contributed by atoms with E-state index < -0.39 is 11.8 Å². The molecular formula is C23H28ClF2N. The van der Waals surface area contributed by atoms with Gasteiger partial charge in [0.05, 0.1) is 0 Å². The van der Waals surface area contributed by atoms with E-state index in [1.165, 1.54) is 63.4 Å². The van der Waals surface area contributed by atoms with Crippen LogP contribution in [0.5, 0.6) is 0 Å². The lowest BCUT2D eigenvalue weighted by molar-refractivity contribution is 0.302. The number of benzene rings is 1. The summed E-state index contributed by atoms with van der Waals surface area (Å²) in [6.45, 7) is 2.26. The molecule has 1 fully saturated rings. The second kappa shape index (κ2) is 9.64. The first kappa shape index (κ1) is 20.3. The Bertz CT molecular complexity index is 737. The summed E-state index contributed by atoms with van der Waals surface area (Å²) in [6, 6.07) is 9.18. The molecule has 1 aromatic carbocycles. The largest absolute Gasteiger partial charge is 0.250 e. The smallest absolute Gasteiger partial charge is 0.205 e. The van der Waals surface area contributed by atoms with E-state index in [0.29, 0.717) is 11.5 Å². The number of pyridine rings is 1. The van der Waals surface area contributed by atoms with Crippen molar-refractivity contribution in [3.63, 3.8) is 0 Å². The highest BCUT2D eigenvalue weighted by Gasteiger charge is 2.22. The van der Waals surface area contributed by atoms with E-state index in [1.807, 2.05) is 12.1 Å². The summed E-state index contributed by atoms with van der Waals surface area (Å²) in [5.74, 6) is -0.642. The van der Waals surface area contributed by atoms with Crippen molar-refractivity contribution in [3.8, 4) is 11.1 Å². The first-order chi connectivity index (χ1) is 13.1. The van der Waals surface area contributed by atoms with Crippen LogP contribution in [0, 0.1) is 17.7 Å². The van der Waals surface area contributed by atoms with Crippen molar-refractivity contribution in [1.29, 1.82) is 0 Å². The summed E-state index contributed by atoms with van der Waals surface area (Å²) in [5, 5.41) is -0.00905. The monoisotopic (exact) mass is 391 g/mol. The van der Waals surface area contributed by atoms with Gasteiger partial charge in [0, 0.05) is 5.56 Å². The average molecular weight is 392 g/mol. The molecule has 2 aromatic rings. The van der Waals surface area contributed by atoms with Gasteiger partial charge in [-0.15, -0.1) is 0 Å². The van der Waals surface area contributed by atoms with Gasteiger partial charge in [-0.05, 0) is 54.7 Å². The number of unbranched alkanes of at least 4 members (excludes halogenated alkanes) is 3. The molecule has 3 rings (SSSR count). The Labute approximate surface area is 166 Å². The SMILES string of the molecule is CCCCCCC1CCC(c2ccc(-c3cc(F)c(F)nc3Cl)cc2)CC1. The van der Waals surface area contributed by atoms with E-state index in [0.717, 1.165) is 17.5 Å². The molecule has 1 nitrogen and oxygen atoms in total. The molecule has 1 aliphatic carbocycles. The molecular weight excluding hydrogens is 364 g/mol. The molecule has 1 aromatic heterocycles. The number of aromatic nitrogens is 1. The molecule has 0 atom stereocenters. The second-order valence-electron chi connectivity index (χ2n) is 7.79. The van der Waals surface area contributed by atoms with Gasteiger partial charge < -0.3 is 0 Å². The zero-order chi connectivity index (χ0) is 19.2. The second-order valence-corrected chi connectivity index (χ2v) is 8.15. The minimum Gasteiger partial charge on any atom is -0.205 e. The molecule has 1 aliphatic rings. The minimum atomic E-state index is -1.16. The number of hydrogen-bond donors (Lipinski definition) is 0. The zero-order valence-corrected chi connectivity index (χ0v) is 16.7. The summed E-state index contributed by atoms with van der Waals surface area (Å²) in [7, 11) is 0. The summed E-state index contributed by atoms with van der Waals surface area (Å²) in [5.41, 5.74) is 2.52. The fourth-order valence-electron chi connectivity index (χ4n) is 4.23. The maximum Gasteiger partial charge on any atom is 0.250 e. The van der Waals surface area contributed by atoms with Crippen LogP contribution < -0.4 is 0 Å². The molecule has 1 heterocycles. The van der Waals surface area contributed by atoms with Gasteiger partial charge >= 0.3 is 0 Å². The van der Waals surface area contributed by atoms with Crippen molar-refractivity contribution < 1.29 is 8.78 Å². The van der Waals surface area contributed by atoms with Crippen LogP contribution in [0.15, 0.2) is 30.3 Å². The van der Waals surface area contributed by atoms with Crippen LogP contribution in [0.4, 0.5) is 8.78 Å². The number of rotatable bonds is 7. The molecule has 0 bridgehead atoms. The van der Waals surface area contributed by atoms with Gasteiger partial charge in [0.2, 0.25) is 5.95 Å². The lowest BCUT2D eigenvalue weighted by atomic mass is 9.77. The van der Waals surface area contributed by atoms with Crippen molar-refractivity contribution >= 4 is 11.6 Å². The van der Waals surface area contributed by atoms with E-state index in [9.17, 15) is 8.78 Å². The first-order valence-electron chi connectivity index (χ1n) is 10.2. The van der Waals surface area contributed by atoms with Crippen LogP contribution in [0.1, 0.15) is 76.2 Å². The van der Waals surface area contributed by atoms with E-state index in [-0.39, 0.29) is 5.15 Å². The van der Waals surface area contributed by atoms with Crippen LogP contribution in [0.3, 0.4) is 0 Å². The number of halogens is 3. The summed E-state index contributed by atoms with van der Waals surface area (Å²) in [4.78, 5) is 3.43. The summed E-state index contributed by atoms with van der Waals surface area (Å²) >= 11 is 5.98. The lowest BCUT2D eigenvalue weighted by Crippen LogP contribution is -2.13. The van der Waals surface area contributed by atoms with E-state index in [1.54, 1.807) is 0 Å². The third-order valence-electron chi connectivity index (χ3n) is 5.89. The van der Waals surface area contributed by atoms with Crippen molar-refractivity contribution in [1.82, 2.24) is 4.98 Å². The standard InChI is InChI=1S/C23H28ClF2N/c1-2-3-4-5-6-16-7-9-17(10-8-16)18-11-13-19(14-12-18)20-15-21(25)23(26)27-22(20)24/h11-17H,2-10H2,1H3. The molecule has 0 spiro atoms. The molecule has 4 heteroatoms. The van der Waals surface area contributed by atoms with Crippen LogP contribution >= 0.6 is 11.6 Å². The average Bonchev–Trinajstić information content (AvgIpc) is 2.69. The van der Waals surface area contributed by atoms with Gasteiger partial charge in [0.15, 0.2) is 5.82 Å². The Morgan fingerprint density at radius 1 is 1.00 bits per heavy atom. The van der Waals surface area contributed by atoms with Crippen molar-refractivity contribution in [2.45, 2.75) is 70.6 Å². The van der Waals surface area contributed by atoms with E-state index in [2.05, 4.69) is 24.0 Å².